The van der Waals surface area contributed by atoms with Gasteiger partial charge in [-0.15, -0.1) is 10.2 Å². The van der Waals surface area contributed by atoms with Gasteiger partial charge in [-0.1, -0.05) is 53.4 Å². The number of thioether (sulfide) groups is 1. The first-order valence-corrected chi connectivity index (χ1v) is 8.44. The molecule has 0 spiro atoms. The van der Waals surface area contributed by atoms with Crippen LogP contribution in [0.3, 0.4) is 0 Å². The number of nitrogens with one attached hydrogen (secondary N) is 2. The summed E-state index contributed by atoms with van der Waals surface area (Å²) in [7, 11) is 0. The monoisotopic (exact) mass is 322 g/mol. The Morgan fingerprint density at radius 1 is 1.33 bits per heavy atom. The number of benzene rings is 1. The van der Waals surface area contributed by atoms with E-state index in [0.29, 0.717) is 6.54 Å². The van der Waals surface area contributed by atoms with Gasteiger partial charge in [0.05, 0.1) is 5.25 Å². The second kappa shape index (κ2) is 7.99. The molecule has 1 aromatic heterocycles. The van der Waals surface area contributed by atoms with Crippen molar-refractivity contribution in [3.8, 4) is 0 Å². The Bertz CT molecular complexity index is 573. The lowest BCUT2D eigenvalue weighted by Crippen LogP contribution is -2.30. The highest BCUT2D eigenvalue weighted by Crippen LogP contribution is 2.28. The summed E-state index contributed by atoms with van der Waals surface area (Å²) in [6.45, 7) is 5.24. The fourth-order valence-corrected chi connectivity index (χ4v) is 3.60. The molecular weight excluding hydrogens is 304 g/mol. The van der Waals surface area contributed by atoms with Crippen LogP contribution < -0.4 is 10.6 Å². The van der Waals surface area contributed by atoms with Crippen molar-refractivity contribution in [2.24, 2.45) is 0 Å². The second-order valence-electron chi connectivity index (χ2n) is 4.37. The third-order valence-corrected chi connectivity index (χ3v) is 4.76. The Labute approximate surface area is 132 Å². The van der Waals surface area contributed by atoms with Crippen molar-refractivity contribution in [1.29, 1.82) is 0 Å². The molecule has 0 aliphatic heterocycles. The molecular formula is C14H18N4OS2. The predicted molar refractivity (Wildman–Crippen MR) is 87.7 cm³/mol. The van der Waals surface area contributed by atoms with Crippen LogP contribution in [-0.4, -0.2) is 27.9 Å². The summed E-state index contributed by atoms with van der Waals surface area (Å²) in [6, 6.07) is 9.87. The van der Waals surface area contributed by atoms with E-state index in [1.807, 2.05) is 44.2 Å². The summed E-state index contributed by atoms with van der Waals surface area (Å²) in [4.78, 5) is 12.1. The van der Waals surface area contributed by atoms with Gasteiger partial charge in [0.1, 0.15) is 0 Å². The Morgan fingerprint density at radius 3 is 2.81 bits per heavy atom. The topological polar surface area (TPSA) is 66.9 Å². The maximum Gasteiger partial charge on any atom is 0.233 e. The lowest BCUT2D eigenvalue weighted by molar-refractivity contribution is -0.120. The van der Waals surface area contributed by atoms with E-state index in [-0.39, 0.29) is 11.2 Å². The number of carbonyl (C=O) groups excluding carboxylic acids is 1. The molecule has 0 unspecified atom stereocenters. The number of rotatable bonds is 7. The molecule has 1 amide bonds. The summed E-state index contributed by atoms with van der Waals surface area (Å²) >= 11 is 2.89. The van der Waals surface area contributed by atoms with Gasteiger partial charge in [-0.25, -0.2) is 0 Å². The summed E-state index contributed by atoms with van der Waals surface area (Å²) < 4.78 is 0.799. The lowest BCUT2D eigenvalue weighted by atomic mass is 10.2. The summed E-state index contributed by atoms with van der Waals surface area (Å²) in [5.41, 5.74) is 1.09. The van der Waals surface area contributed by atoms with Gasteiger partial charge >= 0.3 is 0 Å². The maximum absolute atomic E-state index is 12.1. The Morgan fingerprint density at radius 2 is 2.10 bits per heavy atom. The van der Waals surface area contributed by atoms with Gasteiger partial charge in [0, 0.05) is 13.1 Å². The fourth-order valence-electron chi connectivity index (χ4n) is 1.61. The first-order chi connectivity index (χ1) is 10.2. The Hall–Kier alpha value is -1.60. The van der Waals surface area contributed by atoms with Crippen LogP contribution in [0.1, 0.15) is 19.4 Å². The average Bonchev–Trinajstić information content (AvgIpc) is 2.93. The number of amides is 1. The standard InChI is InChI=1S/C14H18N4OS2/c1-3-15-13-17-18-14(21-13)20-10(2)12(19)16-9-11-7-5-4-6-8-11/h4-8,10H,3,9H2,1-2H3,(H,15,17)(H,16,19)/t10-/m0/s1. The molecule has 112 valence electrons. The van der Waals surface area contributed by atoms with Crippen LogP contribution in [0.5, 0.6) is 0 Å². The number of aromatic nitrogens is 2. The molecule has 2 rings (SSSR count). The van der Waals surface area contributed by atoms with Crippen molar-refractivity contribution >= 4 is 34.1 Å². The fraction of sp³-hybridized carbons (Fsp3) is 0.357. The molecule has 0 aliphatic rings. The smallest absolute Gasteiger partial charge is 0.233 e. The molecule has 2 aromatic rings. The molecule has 1 heterocycles. The molecule has 7 heteroatoms. The number of nitrogens with zero attached hydrogens (tertiary/aromatic N) is 2. The van der Waals surface area contributed by atoms with Gasteiger partial charge in [-0.2, -0.15) is 0 Å². The van der Waals surface area contributed by atoms with Crippen molar-refractivity contribution in [2.75, 3.05) is 11.9 Å². The summed E-state index contributed by atoms with van der Waals surface area (Å²) in [6.07, 6.45) is 0. The number of anilines is 1. The average molecular weight is 322 g/mol. The third-order valence-electron chi connectivity index (χ3n) is 2.69. The van der Waals surface area contributed by atoms with E-state index in [1.54, 1.807) is 0 Å². The highest BCUT2D eigenvalue weighted by atomic mass is 32.2. The van der Waals surface area contributed by atoms with Crippen LogP contribution >= 0.6 is 23.1 Å². The molecule has 0 aliphatic carbocycles. The second-order valence-corrected chi connectivity index (χ2v) is 6.93. The Balaban J connectivity index is 1.81. The van der Waals surface area contributed by atoms with E-state index >= 15 is 0 Å². The lowest BCUT2D eigenvalue weighted by Gasteiger charge is -2.10. The molecule has 0 saturated heterocycles. The van der Waals surface area contributed by atoms with Crippen LogP contribution in [0.15, 0.2) is 34.7 Å². The normalized spacial score (nSPS) is 11.9. The molecule has 1 atom stereocenters. The number of hydrogen-bond acceptors (Lipinski definition) is 6. The van der Waals surface area contributed by atoms with Crippen molar-refractivity contribution in [3.63, 3.8) is 0 Å². The van der Waals surface area contributed by atoms with E-state index in [4.69, 9.17) is 0 Å². The van der Waals surface area contributed by atoms with Gasteiger partial charge < -0.3 is 10.6 Å². The van der Waals surface area contributed by atoms with Gasteiger partial charge in [0.25, 0.3) is 0 Å². The molecule has 1 aromatic carbocycles. The molecule has 0 radical (unpaired) electrons. The predicted octanol–water partition coefficient (Wildman–Crippen LogP) is 2.77. The zero-order valence-corrected chi connectivity index (χ0v) is 13.6. The first kappa shape index (κ1) is 15.8. The van der Waals surface area contributed by atoms with Gasteiger partial charge in [0.15, 0.2) is 4.34 Å². The minimum absolute atomic E-state index is 0.00375. The summed E-state index contributed by atoms with van der Waals surface area (Å²) in [5, 5.41) is 14.7. The quantitative estimate of drug-likeness (QED) is 0.767. The minimum atomic E-state index is -0.198. The highest BCUT2D eigenvalue weighted by Gasteiger charge is 2.16. The molecule has 21 heavy (non-hydrogen) atoms. The summed E-state index contributed by atoms with van der Waals surface area (Å²) in [5.74, 6) is 0.00375. The van der Waals surface area contributed by atoms with Crippen molar-refractivity contribution in [3.05, 3.63) is 35.9 Å². The van der Waals surface area contributed by atoms with Gasteiger partial charge in [-0.3, -0.25) is 4.79 Å². The van der Waals surface area contributed by atoms with Crippen LogP contribution in [0.25, 0.3) is 0 Å². The van der Waals surface area contributed by atoms with Crippen molar-refractivity contribution in [2.45, 2.75) is 30.0 Å². The van der Waals surface area contributed by atoms with Crippen LogP contribution in [0.4, 0.5) is 5.13 Å². The van der Waals surface area contributed by atoms with Crippen molar-refractivity contribution in [1.82, 2.24) is 15.5 Å². The minimum Gasteiger partial charge on any atom is -0.360 e. The number of hydrogen-bond donors (Lipinski definition) is 2. The molecule has 0 bridgehead atoms. The van der Waals surface area contributed by atoms with E-state index in [2.05, 4.69) is 20.8 Å². The zero-order valence-electron chi connectivity index (χ0n) is 12.0. The molecule has 0 saturated carbocycles. The highest BCUT2D eigenvalue weighted by molar-refractivity contribution is 8.02. The van der Waals surface area contributed by atoms with Crippen LogP contribution in [0, 0.1) is 0 Å². The first-order valence-electron chi connectivity index (χ1n) is 6.74. The van der Waals surface area contributed by atoms with E-state index < -0.39 is 0 Å². The van der Waals surface area contributed by atoms with Gasteiger partial charge in [-0.05, 0) is 19.4 Å². The van der Waals surface area contributed by atoms with E-state index in [1.165, 1.54) is 23.1 Å². The SMILES string of the molecule is CCNc1nnc(S[C@@H](C)C(=O)NCc2ccccc2)s1. The van der Waals surface area contributed by atoms with Crippen molar-refractivity contribution < 1.29 is 4.79 Å². The maximum atomic E-state index is 12.1. The van der Waals surface area contributed by atoms with E-state index in [0.717, 1.165) is 21.6 Å². The van der Waals surface area contributed by atoms with Crippen LogP contribution in [-0.2, 0) is 11.3 Å². The number of carbonyl (C=O) groups is 1. The van der Waals surface area contributed by atoms with E-state index in [9.17, 15) is 4.79 Å². The third kappa shape index (κ3) is 5.02. The molecule has 2 N–H and O–H groups in total. The van der Waals surface area contributed by atoms with Crippen LogP contribution in [0.2, 0.25) is 0 Å². The largest absolute Gasteiger partial charge is 0.360 e. The van der Waals surface area contributed by atoms with Gasteiger partial charge in [0.2, 0.25) is 11.0 Å². The molecule has 0 fully saturated rings. The zero-order chi connectivity index (χ0) is 15.1. The Kier molecular flexibility index (Phi) is 6.01. The molecule has 5 nitrogen and oxygen atoms in total.